The van der Waals surface area contributed by atoms with Gasteiger partial charge in [-0.3, -0.25) is 0 Å². The molecular formula is C17H27NO2. The molecule has 0 amide bonds. The van der Waals surface area contributed by atoms with Crippen molar-refractivity contribution in [1.29, 1.82) is 0 Å². The molecule has 3 heteroatoms. The number of benzene rings is 1. The minimum absolute atomic E-state index is 0.377. The van der Waals surface area contributed by atoms with E-state index < -0.39 is 0 Å². The van der Waals surface area contributed by atoms with Crippen molar-refractivity contribution in [2.75, 3.05) is 20.8 Å². The van der Waals surface area contributed by atoms with E-state index in [1.54, 1.807) is 14.2 Å². The summed E-state index contributed by atoms with van der Waals surface area (Å²) < 4.78 is 11.0. The molecule has 112 valence electrons. The molecule has 3 nitrogen and oxygen atoms in total. The first-order valence-corrected chi connectivity index (χ1v) is 7.75. The fraction of sp³-hybridized carbons (Fsp3) is 0.647. The number of ether oxygens (including phenoxy) is 2. The minimum atomic E-state index is 0.377. The lowest BCUT2D eigenvalue weighted by molar-refractivity contribution is 0.342. The van der Waals surface area contributed by atoms with E-state index in [1.165, 1.54) is 31.2 Å². The lowest BCUT2D eigenvalue weighted by Crippen LogP contribution is -2.28. The van der Waals surface area contributed by atoms with Gasteiger partial charge in [-0.05, 0) is 49.9 Å². The average Bonchev–Trinajstić information content (AvgIpc) is 3.01. The first kappa shape index (κ1) is 15.2. The van der Waals surface area contributed by atoms with Gasteiger partial charge in [0.05, 0.1) is 14.2 Å². The molecule has 2 rings (SSSR count). The average molecular weight is 277 g/mol. The maximum atomic E-state index is 5.57. The zero-order valence-electron chi connectivity index (χ0n) is 12.9. The van der Waals surface area contributed by atoms with Gasteiger partial charge in [-0.15, -0.1) is 0 Å². The van der Waals surface area contributed by atoms with Crippen LogP contribution >= 0.6 is 0 Å². The highest BCUT2D eigenvalue weighted by Crippen LogP contribution is 2.40. The highest BCUT2D eigenvalue weighted by Gasteiger charge is 2.28. The standard InChI is InChI=1S/C17H27NO2/c1-4-11-18-17(13-7-5-6-8-13)15-12-14(19-2)9-10-16(15)20-3/h9-10,12-13,17-18H,4-8,11H2,1-3H3. The minimum Gasteiger partial charge on any atom is -0.497 e. The molecule has 1 atom stereocenters. The molecule has 0 aromatic heterocycles. The van der Waals surface area contributed by atoms with Crippen LogP contribution in [0.2, 0.25) is 0 Å². The SMILES string of the molecule is CCCNC(c1cc(OC)ccc1OC)C1CCCC1. The second-order valence-corrected chi connectivity index (χ2v) is 5.58. The lowest BCUT2D eigenvalue weighted by Gasteiger charge is -2.27. The van der Waals surface area contributed by atoms with Crippen LogP contribution in [0.15, 0.2) is 18.2 Å². The van der Waals surface area contributed by atoms with Gasteiger partial charge in [0.1, 0.15) is 11.5 Å². The van der Waals surface area contributed by atoms with Crippen LogP contribution in [-0.2, 0) is 0 Å². The summed E-state index contributed by atoms with van der Waals surface area (Å²) in [6.07, 6.45) is 6.46. The third-order valence-electron chi connectivity index (χ3n) is 4.26. The Labute approximate surface area is 122 Å². The fourth-order valence-corrected chi connectivity index (χ4v) is 3.20. The third-order valence-corrected chi connectivity index (χ3v) is 4.26. The third kappa shape index (κ3) is 3.45. The summed E-state index contributed by atoms with van der Waals surface area (Å²) in [5.74, 6) is 2.58. The van der Waals surface area contributed by atoms with Crippen LogP contribution in [-0.4, -0.2) is 20.8 Å². The highest BCUT2D eigenvalue weighted by molar-refractivity contribution is 5.42. The van der Waals surface area contributed by atoms with Crippen molar-refractivity contribution >= 4 is 0 Å². The maximum absolute atomic E-state index is 5.57. The van der Waals surface area contributed by atoms with Crippen molar-refractivity contribution in [3.63, 3.8) is 0 Å². The summed E-state index contributed by atoms with van der Waals surface area (Å²) in [5, 5.41) is 3.72. The van der Waals surface area contributed by atoms with Gasteiger partial charge in [-0.25, -0.2) is 0 Å². The van der Waals surface area contributed by atoms with E-state index in [1.807, 2.05) is 12.1 Å². The summed E-state index contributed by atoms with van der Waals surface area (Å²) in [4.78, 5) is 0. The molecule has 1 aromatic carbocycles. The number of hydrogen-bond donors (Lipinski definition) is 1. The molecular weight excluding hydrogens is 250 g/mol. The van der Waals surface area contributed by atoms with Gasteiger partial charge in [-0.1, -0.05) is 19.8 Å². The molecule has 0 bridgehead atoms. The molecule has 0 saturated heterocycles. The largest absolute Gasteiger partial charge is 0.497 e. The smallest absolute Gasteiger partial charge is 0.123 e. The fourth-order valence-electron chi connectivity index (χ4n) is 3.20. The molecule has 1 fully saturated rings. The van der Waals surface area contributed by atoms with Crippen molar-refractivity contribution in [3.05, 3.63) is 23.8 Å². The Balaban J connectivity index is 2.29. The van der Waals surface area contributed by atoms with Crippen LogP contribution in [0.1, 0.15) is 50.6 Å². The molecule has 1 unspecified atom stereocenters. The van der Waals surface area contributed by atoms with Crippen LogP contribution < -0.4 is 14.8 Å². The van der Waals surface area contributed by atoms with Gasteiger partial charge < -0.3 is 14.8 Å². The van der Waals surface area contributed by atoms with E-state index in [4.69, 9.17) is 9.47 Å². The Hall–Kier alpha value is -1.22. The Morgan fingerprint density at radius 2 is 1.95 bits per heavy atom. The summed E-state index contributed by atoms with van der Waals surface area (Å²) in [5.41, 5.74) is 1.24. The highest BCUT2D eigenvalue weighted by atomic mass is 16.5. The summed E-state index contributed by atoms with van der Waals surface area (Å²) >= 11 is 0. The van der Waals surface area contributed by atoms with Gasteiger partial charge in [0.15, 0.2) is 0 Å². The first-order chi connectivity index (χ1) is 9.80. The normalized spacial score (nSPS) is 17.1. The quantitative estimate of drug-likeness (QED) is 0.819. The Morgan fingerprint density at radius 3 is 2.55 bits per heavy atom. The van der Waals surface area contributed by atoms with E-state index >= 15 is 0 Å². The number of nitrogens with one attached hydrogen (secondary N) is 1. The summed E-state index contributed by atoms with van der Waals surface area (Å²) in [6, 6.07) is 6.49. The second kappa shape index (κ2) is 7.53. The molecule has 1 saturated carbocycles. The Morgan fingerprint density at radius 1 is 1.20 bits per heavy atom. The van der Waals surface area contributed by atoms with Gasteiger partial charge >= 0.3 is 0 Å². The summed E-state index contributed by atoms with van der Waals surface area (Å²) in [6.45, 7) is 3.25. The Bertz CT molecular complexity index is 413. The molecule has 20 heavy (non-hydrogen) atoms. The van der Waals surface area contributed by atoms with Crippen LogP contribution in [0.25, 0.3) is 0 Å². The van der Waals surface area contributed by atoms with E-state index in [9.17, 15) is 0 Å². The molecule has 1 aliphatic carbocycles. The molecule has 1 aliphatic rings. The molecule has 0 heterocycles. The number of rotatable bonds is 7. The van der Waals surface area contributed by atoms with Crippen LogP contribution in [0.5, 0.6) is 11.5 Å². The number of methoxy groups -OCH3 is 2. The van der Waals surface area contributed by atoms with E-state index in [0.29, 0.717) is 12.0 Å². The predicted molar refractivity (Wildman–Crippen MR) is 82.5 cm³/mol. The second-order valence-electron chi connectivity index (χ2n) is 5.58. The molecule has 0 aliphatic heterocycles. The van der Waals surface area contributed by atoms with Crippen LogP contribution in [0, 0.1) is 5.92 Å². The van der Waals surface area contributed by atoms with Crippen molar-refractivity contribution in [3.8, 4) is 11.5 Å². The van der Waals surface area contributed by atoms with Gasteiger partial charge in [-0.2, -0.15) is 0 Å². The lowest BCUT2D eigenvalue weighted by atomic mass is 9.90. The molecule has 1 N–H and O–H groups in total. The molecule has 0 spiro atoms. The van der Waals surface area contributed by atoms with Crippen LogP contribution in [0.3, 0.4) is 0 Å². The Kier molecular flexibility index (Phi) is 5.72. The van der Waals surface area contributed by atoms with E-state index in [2.05, 4.69) is 18.3 Å². The molecule has 1 aromatic rings. The van der Waals surface area contributed by atoms with Crippen molar-refractivity contribution in [1.82, 2.24) is 5.32 Å². The van der Waals surface area contributed by atoms with Gasteiger partial charge in [0, 0.05) is 11.6 Å². The van der Waals surface area contributed by atoms with Gasteiger partial charge in [0.2, 0.25) is 0 Å². The van der Waals surface area contributed by atoms with Crippen molar-refractivity contribution < 1.29 is 9.47 Å². The van der Waals surface area contributed by atoms with E-state index in [0.717, 1.165) is 24.5 Å². The van der Waals surface area contributed by atoms with Crippen molar-refractivity contribution in [2.45, 2.75) is 45.1 Å². The van der Waals surface area contributed by atoms with Crippen molar-refractivity contribution in [2.24, 2.45) is 5.92 Å². The zero-order valence-corrected chi connectivity index (χ0v) is 12.9. The molecule has 0 radical (unpaired) electrons. The first-order valence-electron chi connectivity index (χ1n) is 7.75. The number of hydrogen-bond acceptors (Lipinski definition) is 3. The predicted octanol–water partition coefficient (Wildman–Crippen LogP) is 3.93. The summed E-state index contributed by atoms with van der Waals surface area (Å²) in [7, 11) is 3.46. The van der Waals surface area contributed by atoms with Crippen LogP contribution in [0.4, 0.5) is 0 Å². The maximum Gasteiger partial charge on any atom is 0.123 e. The van der Waals surface area contributed by atoms with Gasteiger partial charge in [0.25, 0.3) is 0 Å². The monoisotopic (exact) mass is 277 g/mol. The zero-order chi connectivity index (χ0) is 14.4. The topological polar surface area (TPSA) is 30.5 Å². The van der Waals surface area contributed by atoms with E-state index in [-0.39, 0.29) is 0 Å².